The smallest absolute Gasteiger partial charge is 0.326 e. The predicted molar refractivity (Wildman–Crippen MR) is 139 cm³/mol. The van der Waals surface area contributed by atoms with Crippen molar-refractivity contribution in [3.63, 3.8) is 0 Å². The summed E-state index contributed by atoms with van der Waals surface area (Å²) in [5.74, 6) is -4.48. The number of amides is 4. The number of carboxylic acids is 1. The molecule has 38 heavy (non-hydrogen) atoms. The Morgan fingerprint density at radius 2 is 1.53 bits per heavy atom. The number of aromatic hydroxyl groups is 1. The van der Waals surface area contributed by atoms with Crippen molar-refractivity contribution >= 4 is 29.6 Å². The number of carboxylic acid groups (broad SMARTS) is 1. The Kier molecular flexibility index (Phi) is 13.8. The molecule has 0 fully saturated rings. The minimum atomic E-state index is -1.29. The number of primary amides is 1. The lowest BCUT2D eigenvalue weighted by Crippen LogP contribution is -2.59. The van der Waals surface area contributed by atoms with E-state index in [0.29, 0.717) is 31.4 Å². The zero-order chi connectivity index (χ0) is 28.8. The fraction of sp³-hybridized carbons (Fsp3) is 0.560. The van der Waals surface area contributed by atoms with Crippen LogP contribution in [0.5, 0.6) is 5.75 Å². The molecule has 4 amide bonds. The van der Waals surface area contributed by atoms with Gasteiger partial charge in [0.2, 0.25) is 23.6 Å². The molecule has 13 nitrogen and oxygen atoms in total. The number of nitrogens with two attached hydrogens (primary N) is 3. The van der Waals surface area contributed by atoms with Gasteiger partial charge in [0, 0.05) is 6.42 Å². The first kappa shape index (κ1) is 32.3. The largest absolute Gasteiger partial charge is 0.508 e. The maximum absolute atomic E-state index is 13.2. The summed E-state index contributed by atoms with van der Waals surface area (Å²) < 4.78 is 0. The van der Waals surface area contributed by atoms with Gasteiger partial charge in [0.05, 0.1) is 12.5 Å². The van der Waals surface area contributed by atoms with Gasteiger partial charge in [-0.15, -0.1) is 0 Å². The minimum absolute atomic E-state index is 0.0193. The number of phenolic OH excluding ortho intramolecular Hbond substituents is 1. The lowest BCUT2D eigenvalue weighted by atomic mass is 9.96. The van der Waals surface area contributed by atoms with Crippen LogP contribution >= 0.6 is 0 Å². The van der Waals surface area contributed by atoms with E-state index in [9.17, 15) is 34.2 Å². The number of rotatable bonds is 17. The Morgan fingerprint density at radius 1 is 0.921 bits per heavy atom. The Morgan fingerprint density at radius 3 is 2.05 bits per heavy atom. The third kappa shape index (κ3) is 11.1. The van der Waals surface area contributed by atoms with E-state index in [0.717, 1.165) is 0 Å². The van der Waals surface area contributed by atoms with Crippen LogP contribution in [0.3, 0.4) is 0 Å². The van der Waals surface area contributed by atoms with Crippen molar-refractivity contribution in [1.29, 1.82) is 0 Å². The van der Waals surface area contributed by atoms with Crippen LogP contribution in [0, 0.1) is 5.92 Å². The van der Waals surface area contributed by atoms with E-state index >= 15 is 0 Å². The Bertz CT molecular complexity index is 956. The van der Waals surface area contributed by atoms with Gasteiger partial charge in [0.25, 0.3) is 0 Å². The average Bonchev–Trinajstić information content (AvgIpc) is 2.86. The van der Waals surface area contributed by atoms with Crippen molar-refractivity contribution < 1.29 is 34.2 Å². The first-order valence-electron chi connectivity index (χ1n) is 12.5. The van der Waals surface area contributed by atoms with Crippen molar-refractivity contribution in [1.82, 2.24) is 16.0 Å². The molecule has 13 heteroatoms. The molecular weight excluding hydrogens is 496 g/mol. The lowest BCUT2D eigenvalue weighted by molar-refractivity contribution is -0.142. The molecule has 5 unspecified atom stereocenters. The van der Waals surface area contributed by atoms with Gasteiger partial charge in [0.1, 0.15) is 23.9 Å². The normalized spacial score (nSPS) is 14.8. The highest BCUT2D eigenvalue weighted by atomic mass is 16.4. The summed E-state index contributed by atoms with van der Waals surface area (Å²) in [7, 11) is 0. The maximum atomic E-state index is 13.2. The molecule has 1 rings (SSSR count). The van der Waals surface area contributed by atoms with Crippen LogP contribution in [0.15, 0.2) is 24.3 Å². The molecule has 0 saturated heterocycles. The molecule has 0 aliphatic heterocycles. The van der Waals surface area contributed by atoms with E-state index in [1.807, 2.05) is 6.92 Å². The quantitative estimate of drug-likeness (QED) is 0.112. The summed E-state index contributed by atoms with van der Waals surface area (Å²) in [6.45, 7) is 3.91. The van der Waals surface area contributed by atoms with Gasteiger partial charge in [-0.1, -0.05) is 32.4 Å². The lowest BCUT2D eigenvalue weighted by Gasteiger charge is -2.28. The van der Waals surface area contributed by atoms with E-state index in [1.54, 1.807) is 19.1 Å². The zero-order valence-electron chi connectivity index (χ0n) is 21.8. The standard InChI is InChI=1S/C25H40N6O7/c1-3-14(2)21(31-22(34)17(27)13-20(28)33)24(36)29-18(6-4-5-11-26)23(35)30-19(25(37)38)12-15-7-9-16(32)10-8-15/h7-10,14,17-19,21,32H,3-6,11-13,26-27H2,1-2H3,(H2,28,33)(H,29,36)(H,30,35)(H,31,34)(H,37,38). The maximum Gasteiger partial charge on any atom is 0.326 e. The van der Waals surface area contributed by atoms with Crippen LogP contribution in [0.4, 0.5) is 0 Å². The molecule has 0 aromatic heterocycles. The first-order valence-corrected chi connectivity index (χ1v) is 12.5. The SMILES string of the molecule is CCC(C)C(NC(=O)C(N)CC(N)=O)C(=O)NC(CCCCN)C(=O)NC(Cc1ccc(O)cc1)C(=O)O. The van der Waals surface area contributed by atoms with Crippen LogP contribution in [0.1, 0.15) is 51.5 Å². The number of aliphatic carboxylic acids is 1. The summed E-state index contributed by atoms with van der Waals surface area (Å²) in [6, 6.07) is 1.20. The second-order valence-corrected chi connectivity index (χ2v) is 9.26. The number of carbonyl (C=O) groups is 5. The van der Waals surface area contributed by atoms with Crippen LogP contribution < -0.4 is 33.2 Å². The number of nitrogens with one attached hydrogen (secondary N) is 3. The Hall–Kier alpha value is -3.71. The number of unbranched alkanes of at least 4 members (excludes halogenated alkanes) is 1. The second-order valence-electron chi connectivity index (χ2n) is 9.26. The van der Waals surface area contributed by atoms with Crippen LogP contribution in [0.25, 0.3) is 0 Å². The molecule has 0 saturated carbocycles. The van der Waals surface area contributed by atoms with Crippen LogP contribution in [-0.4, -0.2) is 70.5 Å². The summed E-state index contributed by atoms with van der Waals surface area (Å²) in [6.07, 6.45) is 1.29. The van der Waals surface area contributed by atoms with Crippen molar-refractivity contribution in [3.05, 3.63) is 29.8 Å². The summed E-state index contributed by atoms with van der Waals surface area (Å²) in [4.78, 5) is 61.8. The molecular formula is C25H40N6O7. The van der Waals surface area contributed by atoms with Crippen molar-refractivity contribution in [2.24, 2.45) is 23.1 Å². The van der Waals surface area contributed by atoms with Gasteiger partial charge < -0.3 is 43.4 Å². The van der Waals surface area contributed by atoms with Gasteiger partial charge in [0.15, 0.2) is 0 Å². The van der Waals surface area contributed by atoms with E-state index in [-0.39, 0.29) is 24.5 Å². The Balaban J connectivity index is 3.05. The summed E-state index contributed by atoms with van der Waals surface area (Å²) in [5, 5.41) is 26.7. The van der Waals surface area contributed by atoms with Crippen molar-refractivity contribution in [2.45, 2.75) is 76.5 Å². The van der Waals surface area contributed by atoms with Crippen molar-refractivity contribution in [3.8, 4) is 5.75 Å². The number of hydrogen-bond acceptors (Lipinski definition) is 8. The molecule has 5 atom stereocenters. The second kappa shape index (κ2) is 16.2. The van der Waals surface area contributed by atoms with Gasteiger partial charge in [-0.3, -0.25) is 19.2 Å². The van der Waals surface area contributed by atoms with E-state index in [4.69, 9.17) is 17.2 Å². The van der Waals surface area contributed by atoms with Crippen LogP contribution in [-0.2, 0) is 30.4 Å². The van der Waals surface area contributed by atoms with Gasteiger partial charge in [-0.05, 0) is 49.4 Å². The highest BCUT2D eigenvalue weighted by Gasteiger charge is 2.32. The molecule has 0 aliphatic carbocycles. The highest BCUT2D eigenvalue weighted by Crippen LogP contribution is 2.13. The summed E-state index contributed by atoms with van der Waals surface area (Å²) >= 11 is 0. The monoisotopic (exact) mass is 536 g/mol. The molecule has 1 aromatic rings. The molecule has 212 valence electrons. The zero-order valence-corrected chi connectivity index (χ0v) is 21.8. The average molecular weight is 537 g/mol. The minimum Gasteiger partial charge on any atom is -0.508 e. The third-order valence-electron chi connectivity index (χ3n) is 6.12. The molecule has 0 bridgehead atoms. The number of benzene rings is 1. The highest BCUT2D eigenvalue weighted by molar-refractivity contribution is 5.95. The predicted octanol–water partition coefficient (Wildman–Crippen LogP) is -1.15. The molecule has 0 radical (unpaired) electrons. The van der Waals surface area contributed by atoms with E-state index < -0.39 is 60.2 Å². The fourth-order valence-electron chi connectivity index (χ4n) is 3.63. The number of carbonyl (C=O) groups excluding carboxylic acids is 4. The van der Waals surface area contributed by atoms with Crippen LogP contribution in [0.2, 0.25) is 0 Å². The molecule has 0 spiro atoms. The topological polar surface area (TPSA) is 240 Å². The van der Waals surface area contributed by atoms with Crippen molar-refractivity contribution in [2.75, 3.05) is 6.54 Å². The van der Waals surface area contributed by atoms with Gasteiger partial charge >= 0.3 is 5.97 Å². The molecule has 0 aliphatic rings. The third-order valence-corrected chi connectivity index (χ3v) is 6.12. The number of phenols is 1. The number of hydrogen-bond donors (Lipinski definition) is 8. The fourth-order valence-corrected chi connectivity index (χ4v) is 3.63. The molecule has 0 heterocycles. The molecule has 1 aromatic carbocycles. The molecule has 11 N–H and O–H groups in total. The first-order chi connectivity index (χ1) is 17.9. The van der Waals surface area contributed by atoms with E-state index in [1.165, 1.54) is 12.1 Å². The van der Waals surface area contributed by atoms with E-state index in [2.05, 4.69) is 16.0 Å². The van der Waals surface area contributed by atoms with Gasteiger partial charge in [-0.2, -0.15) is 0 Å². The summed E-state index contributed by atoms with van der Waals surface area (Å²) in [5.41, 5.74) is 16.9. The Labute approximate surface area is 221 Å². The van der Waals surface area contributed by atoms with Gasteiger partial charge in [-0.25, -0.2) is 4.79 Å².